The second kappa shape index (κ2) is 9.09. The van der Waals surface area contributed by atoms with Crippen molar-refractivity contribution in [1.29, 1.82) is 0 Å². The van der Waals surface area contributed by atoms with Gasteiger partial charge in [0, 0.05) is 35.6 Å². The number of allylic oxidation sites excluding steroid dienone is 1. The molecule has 0 aliphatic heterocycles. The quantitative estimate of drug-likeness (QED) is 0.585. The molecule has 1 aromatic carbocycles. The molecule has 0 saturated carbocycles. The van der Waals surface area contributed by atoms with E-state index in [0.717, 1.165) is 30.4 Å². The Labute approximate surface area is 180 Å². The maximum Gasteiger partial charge on any atom is 0.271 e. The average molecular weight is 423 g/mol. The van der Waals surface area contributed by atoms with Gasteiger partial charge in [-0.1, -0.05) is 35.9 Å². The molecule has 7 nitrogen and oxygen atoms in total. The van der Waals surface area contributed by atoms with Crippen molar-refractivity contribution in [1.82, 2.24) is 24.8 Å². The Morgan fingerprint density at radius 1 is 1.30 bits per heavy atom. The SMILES string of the molecule is Cc1cnc(NC2CC=CCC2)nc1-n1cnc(C(=O)NCc2cccc(Cl)c2)c1. The van der Waals surface area contributed by atoms with Crippen LogP contribution in [0.2, 0.25) is 5.02 Å². The van der Waals surface area contributed by atoms with Gasteiger partial charge < -0.3 is 10.6 Å². The minimum absolute atomic E-state index is 0.257. The summed E-state index contributed by atoms with van der Waals surface area (Å²) in [5, 5.41) is 6.89. The van der Waals surface area contributed by atoms with Crippen LogP contribution in [0.3, 0.4) is 0 Å². The number of nitrogens with one attached hydrogen (secondary N) is 2. The van der Waals surface area contributed by atoms with Gasteiger partial charge >= 0.3 is 0 Å². The van der Waals surface area contributed by atoms with Crippen molar-refractivity contribution in [2.45, 2.75) is 38.8 Å². The van der Waals surface area contributed by atoms with E-state index in [0.29, 0.717) is 35.1 Å². The molecule has 2 heterocycles. The van der Waals surface area contributed by atoms with Gasteiger partial charge in [0.25, 0.3) is 5.91 Å². The zero-order valence-corrected chi connectivity index (χ0v) is 17.4. The molecule has 154 valence electrons. The predicted octanol–water partition coefficient (Wildman–Crippen LogP) is 4.07. The van der Waals surface area contributed by atoms with Crippen molar-refractivity contribution in [2.24, 2.45) is 0 Å². The molecule has 0 saturated heterocycles. The summed E-state index contributed by atoms with van der Waals surface area (Å²) >= 11 is 5.99. The number of anilines is 1. The maximum atomic E-state index is 12.5. The second-order valence-electron chi connectivity index (χ2n) is 7.30. The van der Waals surface area contributed by atoms with Gasteiger partial charge in [0.15, 0.2) is 0 Å². The van der Waals surface area contributed by atoms with Crippen molar-refractivity contribution in [3.8, 4) is 5.82 Å². The van der Waals surface area contributed by atoms with Gasteiger partial charge in [0.05, 0.1) is 0 Å². The molecule has 0 fully saturated rings. The summed E-state index contributed by atoms with van der Waals surface area (Å²) < 4.78 is 1.75. The summed E-state index contributed by atoms with van der Waals surface area (Å²) in [5.41, 5.74) is 2.14. The molecule has 4 rings (SSSR count). The number of rotatable bonds is 6. The van der Waals surface area contributed by atoms with Crippen LogP contribution in [0.4, 0.5) is 5.95 Å². The van der Waals surface area contributed by atoms with E-state index in [1.807, 2.05) is 25.1 Å². The van der Waals surface area contributed by atoms with Gasteiger partial charge in [-0.3, -0.25) is 9.36 Å². The lowest BCUT2D eigenvalue weighted by Crippen LogP contribution is -2.23. The molecule has 8 heteroatoms. The van der Waals surface area contributed by atoms with Crippen LogP contribution in [-0.4, -0.2) is 31.5 Å². The van der Waals surface area contributed by atoms with Gasteiger partial charge in [0.1, 0.15) is 17.8 Å². The Balaban J connectivity index is 1.45. The lowest BCUT2D eigenvalue weighted by atomic mass is 10.0. The largest absolute Gasteiger partial charge is 0.351 e. The Kier molecular flexibility index (Phi) is 6.09. The lowest BCUT2D eigenvalue weighted by molar-refractivity contribution is 0.0946. The van der Waals surface area contributed by atoms with Crippen LogP contribution < -0.4 is 10.6 Å². The molecule has 1 unspecified atom stereocenters. The van der Waals surface area contributed by atoms with Gasteiger partial charge in [-0.25, -0.2) is 9.97 Å². The number of aromatic nitrogens is 4. The third-order valence-corrected chi connectivity index (χ3v) is 5.18. The third-order valence-electron chi connectivity index (χ3n) is 4.95. The number of hydrogen-bond acceptors (Lipinski definition) is 5. The number of benzene rings is 1. The minimum atomic E-state index is -0.257. The Hall–Kier alpha value is -3.19. The first-order valence-corrected chi connectivity index (χ1v) is 10.3. The van der Waals surface area contributed by atoms with E-state index in [1.165, 1.54) is 0 Å². The molecule has 1 amide bonds. The van der Waals surface area contributed by atoms with Crippen LogP contribution in [0.15, 0.2) is 55.1 Å². The second-order valence-corrected chi connectivity index (χ2v) is 7.74. The molecule has 1 aliphatic carbocycles. The summed E-state index contributed by atoms with van der Waals surface area (Å²) in [5.74, 6) is 1.02. The van der Waals surface area contributed by atoms with E-state index < -0.39 is 0 Å². The summed E-state index contributed by atoms with van der Waals surface area (Å²) in [6, 6.07) is 7.71. The number of imidazole rings is 1. The summed E-state index contributed by atoms with van der Waals surface area (Å²) in [7, 11) is 0. The number of carbonyl (C=O) groups excluding carboxylic acids is 1. The van der Waals surface area contributed by atoms with Crippen LogP contribution in [0.25, 0.3) is 5.82 Å². The molecule has 0 spiro atoms. The van der Waals surface area contributed by atoms with E-state index in [4.69, 9.17) is 11.6 Å². The van der Waals surface area contributed by atoms with Crippen molar-refractivity contribution >= 4 is 23.5 Å². The number of hydrogen-bond donors (Lipinski definition) is 2. The molecular formula is C22H23ClN6O. The number of carbonyl (C=O) groups is 1. The molecule has 30 heavy (non-hydrogen) atoms. The van der Waals surface area contributed by atoms with E-state index in [2.05, 4.69) is 37.7 Å². The lowest BCUT2D eigenvalue weighted by Gasteiger charge is -2.19. The summed E-state index contributed by atoms with van der Waals surface area (Å²) in [6.45, 7) is 2.31. The first kappa shape index (κ1) is 20.1. The zero-order chi connectivity index (χ0) is 20.9. The van der Waals surface area contributed by atoms with Crippen LogP contribution >= 0.6 is 11.6 Å². The number of amides is 1. The van der Waals surface area contributed by atoms with Crippen molar-refractivity contribution < 1.29 is 4.79 Å². The van der Waals surface area contributed by atoms with E-state index in [1.54, 1.807) is 29.4 Å². The number of nitrogens with zero attached hydrogens (tertiary/aromatic N) is 4. The first-order chi connectivity index (χ1) is 14.6. The van der Waals surface area contributed by atoms with Crippen LogP contribution in [0.1, 0.15) is 40.9 Å². The van der Waals surface area contributed by atoms with Crippen molar-refractivity contribution in [3.63, 3.8) is 0 Å². The summed E-state index contributed by atoms with van der Waals surface area (Å²) in [4.78, 5) is 25.8. The summed E-state index contributed by atoms with van der Waals surface area (Å²) in [6.07, 6.45) is 12.5. The van der Waals surface area contributed by atoms with E-state index in [9.17, 15) is 4.79 Å². The van der Waals surface area contributed by atoms with Gasteiger partial charge in [0.2, 0.25) is 5.95 Å². The fourth-order valence-electron chi connectivity index (χ4n) is 3.35. The molecule has 3 aromatic rings. The maximum absolute atomic E-state index is 12.5. The van der Waals surface area contributed by atoms with Crippen LogP contribution in [-0.2, 0) is 6.54 Å². The number of halogens is 1. The van der Waals surface area contributed by atoms with E-state index in [-0.39, 0.29) is 5.91 Å². The normalized spacial score (nSPS) is 15.7. The Morgan fingerprint density at radius 3 is 3.00 bits per heavy atom. The molecular weight excluding hydrogens is 400 g/mol. The zero-order valence-electron chi connectivity index (χ0n) is 16.7. The fraction of sp³-hybridized carbons (Fsp3) is 0.273. The monoisotopic (exact) mass is 422 g/mol. The smallest absolute Gasteiger partial charge is 0.271 e. The minimum Gasteiger partial charge on any atom is -0.351 e. The van der Waals surface area contributed by atoms with E-state index >= 15 is 0 Å². The Bertz CT molecular complexity index is 1080. The standard InChI is InChI=1S/C22H23ClN6O/c1-15-11-25-22(27-18-8-3-2-4-9-18)28-20(15)29-13-19(26-14-29)21(30)24-12-16-6-5-7-17(23)10-16/h2-3,5-7,10-11,13-14,18H,4,8-9,12H2,1H3,(H,24,30)(H,25,27,28). The topological polar surface area (TPSA) is 84.7 Å². The van der Waals surface area contributed by atoms with Gasteiger partial charge in [-0.05, 0) is 43.9 Å². The molecule has 0 radical (unpaired) electrons. The molecule has 0 bridgehead atoms. The van der Waals surface area contributed by atoms with Crippen molar-refractivity contribution in [3.05, 3.63) is 77.0 Å². The van der Waals surface area contributed by atoms with Gasteiger partial charge in [-0.2, -0.15) is 4.98 Å². The van der Waals surface area contributed by atoms with Gasteiger partial charge in [-0.15, -0.1) is 0 Å². The highest BCUT2D eigenvalue weighted by atomic mass is 35.5. The van der Waals surface area contributed by atoms with Crippen LogP contribution in [0, 0.1) is 6.92 Å². The molecule has 1 aliphatic rings. The predicted molar refractivity (Wildman–Crippen MR) is 117 cm³/mol. The fourth-order valence-corrected chi connectivity index (χ4v) is 3.56. The first-order valence-electron chi connectivity index (χ1n) is 9.90. The average Bonchev–Trinajstić information content (AvgIpc) is 3.24. The van der Waals surface area contributed by atoms with Crippen LogP contribution in [0.5, 0.6) is 0 Å². The highest BCUT2D eigenvalue weighted by molar-refractivity contribution is 6.30. The third kappa shape index (κ3) is 4.86. The molecule has 1 atom stereocenters. The van der Waals surface area contributed by atoms with Crippen molar-refractivity contribution in [2.75, 3.05) is 5.32 Å². The number of aryl methyl sites for hydroxylation is 1. The molecule has 2 aromatic heterocycles. The highest BCUT2D eigenvalue weighted by Crippen LogP contribution is 2.18. The Morgan fingerprint density at radius 2 is 2.20 bits per heavy atom. The highest BCUT2D eigenvalue weighted by Gasteiger charge is 2.15. The molecule has 2 N–H and O–H groups in total.